The summed E-state index contributed by atoms with van der Waals surface area (Å²) in [5.41, 5.74) is 2.07. The predicted molar refractivity (Wildman–Crippen MR) is 206 cm³/mol. The monoisotopic (exact) mass is 743 g/mol. The number of carboxylic acid groups (broad SMARTS) is 1. The van der Waals surface area contributed by atoms with Gasteiger partial charge in [-0.2, -0.15) is 0 Å². The second kappa shape index (κ2) is 28.1. The van der Waals surface area contributed by atoms with E-state index in [9.17, 15) is 29.7 Å². The van der Waals surface area contributed by atoms with Gasteiger partial charge in [0.1, 0.15) is 0 Å². The lowest BCUT2D eigenvalue weighted by Gasteiger charge is -2.35. The van der Waals surface area contributed by atoms with Gasteiger partial charge in [-0.3, -0.25) is 29.1 Å². The summed E-state index contributed by atoms with van der Waals surface area (Å²) in [6, 6.07) is 19.3. The summed E-state index contributed by atoms with van der Waals surface area (Å²) in [6.45, 7) is 10.3. The van der Waals surface area contributed by atoms with Crippen LogP contribution in [-0.2, 0) is 37.1 Å². The van der Waals surface area contributed by atoms with Crippen LogP contribution in [0.1, 0.15) is 64.0 Å². The fourth-order valence-corrected chi connectivity index (χ4v) is 5.71. The van der Waals surface area contributed by atoms with Gasteiger partial charge in [0.05, 0.1) is 51.7 Å². The predicted octanol–water partition coefficient (Wildman–Crippen LogP) is 2.74. The molecule has 2 amide bonds. The number of benzene rings is 2. The van der Waals surface area contributed by atoms with Gasteiger partial charge in [-0.05, 0) is 49.8 Å². The van der Waals surface area contributed by atoms with Crippen molar-refractivity contribution in [3.63, 3.8) is 0 Å². The highest BCUT2D eigenvalue weighted by Crippen LogP contribution is 2.10. The number of aliphatic hydroxyl groups is 2. The van der Waals surface area contributed by atoms with E-state index < -0.39 is 24.2 Å². The van der Waals surface area contributed by atoms with Crippen molar-refractivity contribution in [2.75, 3.05) is 78.7 Å². The third-order valence-electron chi connectivity index (χ3n) is 9.05. The van der Waals surface area contributed by atoms with Gasteiger partial charge in [-0.15, -0.1) is 0 Å². The number of carbonyl (C=O) groups is 3. The van der Waals surface area contributed by atoms with Gasteiger partial charge >= 0.3 is 5.97 Å². The van der Waals surface area contributed by atoms with E-state index in [4.69, 9.17) is 9.47 Å². The number of carboxylic acids is 1. The van der Waals surface area contributed by atoms with Crippen molar-refractivity contribution in [1.29, 1.82) is 0 Å². The first kappa shape index (κ1) is 45.7. The molecule has 2 aromatic rings. The minimum Gasteiger partial charge on any atom is -0.480 e. The van der Waals surface area contributed by atoms with Crippen LogP contribution in [0.4, 0.5) is 0 Å². The highest BCUT2D eigenvalue weighted by atomic mass is 16.5. The van der Waals surface area contributed by atoms with E-state index in [1.807, 2.05) is 96.1 Å². The second-order valence-corrected chi connectivity index (χ2v) is 13.4. The lowest BCUT2D eigenvalue weighted by atomic mass is 10.2. The highest BCUT2D eigenvalue weighted by molar-refractivity contribution is 5.78. The van der Waals surface area contributed by atoms with Crippen LogP contribution < -0.4 is 10.6 Å². The van der Waals surface area contributed by atoms with Gasteiger partial charge in [0.2, 0.25) is 11.8 Å². The quantitative estimate of drug-likeness (QED) is 0.0722. The molecular formula is C40H65N5O8. The third-order valence-corrected chi connectivity index (χ3v) is 9.05. The lowest BCUT2D eigenvalue weighted by Crippen LogP contribution is -2.52. The topological polar surface area (TPSA) is 164 Å². The van der Waals surface area contributed by atoms with Crippen LogP contribution in [0.5, 0.6) is 0 Å². The van der Waals surface area contributed by atoms with Gasteiger partial charge in [-0.25, -0.2) is 0 Å². The lowest BCUT2D eigenvalue weighted by molar-refractivity contribution is -0.140. The Balaban J connectivity index is 2.19. The molecule has 0 heterocycles. The summed E-state index contributed by atoms with van der Waals surface area (Å²) in [5.74, 6) is -1.32. The van der Waals surface area contributed by atoms with Crippen LogP contribution in [0.15, 0.2) is 60.7 Å². The van der Waals surface area contributed by atoms with Crippen molar-refractivity contribution in [3.8, 4) is 0 Å². The Labute approximate surface area is 316 Å². The molecule has 13 nitrogen and oxygen atoms in total. The summed E-state index contributed by atoms with van der Waals surface area (Å²) in [5, 5.41) is 35.6. The summed E-state index contributed by atoms with van der Waals surface area (Å²) in [6.07, 6.45) is 1.90. The Morgan fingerprint density at radius 3 is 1.74 bits per heavy atom. The number of nitrogens with zero attached hydrogens (tertiary/aromatic N) is 3. The van der Waals surface area contributed by atoms with Crippen molar-refractivity contribution in [1.82, 2.24) is 25.3 Å². The Morgan fingerprint density at radius 2 is 1.23 bits per heavy atom. The van der Waals surface area contributed by atoms with Crippen molar-refractivity contribution in [3.05, 3.63) is 71.8 Å². The van der Waals surface area contributed by atoms with Crippen LogP contribution in [-0.4, -0.2) is 145 Å². The Kier molecular flexibility index (Phi) is 24.2. The number of likely N-dealkylation sites (N-methyl/N-ethyl adjacent to an activating group) is 1. The maximum absolute atomic E-state index is 13.1. The number of aliphatic hydroxyl groups excluding tert-OH is 2. The molecule has 0 bridgehead atoms. The molecule has 53 heavy (non-hydrogen) atoms. The van der Waals surface area contributed by atoms with Crippen LogP contribution in [0, 0.1) is 0 Å². The third kappa shape index (κ3) is 21.8. The van der Waals surface area contributed by atoms with Gasteiger partial charge < -0.3 is 35.4 Å². The molecule has 0 fully saturated rings. The number of carbonyl (C=O) groups excluding carboxylic acids is 2. The van der Waals surface area contributed by atoms with Crippen LogP contribution >= 0.6 is 0 Å². The number of aliphatic carboxylic acids is 1. The zero-order valence-electron chi connectivity index (χ0n) is 32.2. The summed E-state index contributed by atoms with van der Waals surface area (Å²) < 4.78 is 12.1. The van der Waals surface area contributed by atoms with Crippen LogP contribution in [0.25, 0.3) is 0 Å². The molecule has 3 atom stereocenters. The zero-order chi connectivity index (χ0) is 38.7. The van der Waals surface area contributed by atoms with E-state index >= 15 is 0 Å². The van der Waals surface area contributed by atoms with E-state index in [0.29, 0.717) is 97.7 Å². The maximum Gasteiger partial charge on any atom is 0.317 e. The molecule has 298 valence electrons. The van der Waals surface area contributed by atoms with Gasteiger partial charge in [0.25, 0.3) is 0 Å². The summed E-state index contributed by atoms with van der Waals surface area (Å²) >= 11 is 0. The molecule has 0 radical (unpaired) electrons. The van der Waals surface area contributed by atoms with Crippen molar-refractivity contribution in [2.24, 2.45) is 0 Å². The first-order valence-electron chi connectivity index (χ1n) is 19.2. The molecular weight excluding hydrogens is 678 g/mol. The number of amides is 2. The molecule has 0 saturated carbocycles. The van der Waals surface area contributed by atoms with Gasteiger partial charge in [-0.1, -0.05) is 81.4 Å². The second-order valence-electron chi connectivity index (χ2n) is 13.4. The van der Waals surface area contributed by atoms with E-state index in [2.05, 4.69) is 10.6 Å². The number of rotatable bonds is 31. The van der Waals surface area contributed by atoms with Gasteiger partial charge in [0, 0.05) is 51.9 Å². The average molecular weight is 744 g/mol. The summed E-state index contributed by atoms with van der Waals surface area (Å²) in [7, 11) is 0. The Hall–Kier alpha value is -3.43. The van der Waals surface area contributed by atoms with E-state index in [1.165, 1.54) is 0 Å². The first-order chi connectivity index (χ1) is 25.6. The fourth-order valence-electron chi connectivity index (χ4n) is 5.71. The SMILES string of the molecule is CCC(O)CCNC(=O)CN(CC)CCN(CC(=O)O)C(COCc1ccccc1)CN(CCCOCc1ccccc1)CC(=O)NCCC(O)CC. The molecule has 0 aliphatic rings. The summed E-state index contributed by atoms with van der Waals surface area (Å²) in [4.78, 5) is 43.9. The normalized spacial score (nSPS) is 13.3. The van der Waals surface area contributed by atoms with E-state index in [1.54, 1.807) is 0 Å². The highest BCUT2D eigenvalue weighted by Gasteiger charge is 2.26. The van der Waals surface area contributed by atoms with Crippen LogP contribution in [0.3, 0.4) is 0 Å². The minimum atomic E-state index is -0.985. The number of hydrogen-bond acceptors (Lipinski definition) is 10. The zero-order valence-corrected chi connectivity index (χ0v) is 32.2. The van der Waals surface area contributed by atoms with Crippen molar-refractivity contribution < 1.29 is 39.2 Å². The number of hydrogen-bond donors (Lipinski definition) is 5. The van der Waals surface area contributed by atoms with E-state index in [0.717, 1.165) is 11.1 Å². The minimum absolute atomic E-state index is 0.0883. The molecule has 5 N–H and O–H groups in total. The molecule has 0 aromatic heterocycles. The average Bonchev–Trinajstić information content (AvgIpc) is 3.15. The first-order valence-corrected chi connectivity index (χ1v) is 19.2. The Bertz CT molecular complexity index is 1260. The Morgan fingerprint density at radius 1 is 0.698 bits per heavy atom. The largest absolute Gasteiger partial charge is 0.480 e. The molecule has 2 aromatic carbocycles. The van der Waals surface area contributed by atoms with Crippen molar-refractivity contribution >= 4 is 17.8 Å². The smallest absolute Gasteiger partial charge is 0.317 e. The number of ether oxygens (including phenoxy) is 2. The standard InChI is InChI=1S/C40H65N5O8/c1-4-36(46)18-20-41-38(48)27-43(6-3)23-24-45(29-40(50)51)35(32-53-31-34-16-11-8-12-17-34)26-44(28-39(49)42-21-19-37(47)5-2)22-13-25-52-30-33-14-9-7-10-15-33/h7-12,14-17,35-37,46-47H,4-6,13,18-32H2,1-3H3,(H,41,48)(H,42,49)(H,50,51). The molecule has 0 aliphatic heterocycles. The van der Waals surface area contributed by atoms with Gasteiger partial charge in [0.15, 0.2) is 0 Å². The molecule has 0 saturated heterocycles. The van der Waals surface area contributed by atoms with Crippen LogP contribution in [0.2, 0.25) is 0 Å². The molecule has 3 unspecified atom stereocenters. The number of nitrogens with one attached hydrogen (secondary N) is 2. The molecule has 2 rings (SSSR count). The molecule has 0 spiro atoms. The molecule has 0 aliphatic carbocycles. The molecule has 13 heteroatoms. The maximum atomic E-state index is 13.1. The van der Waals surface area contributed by atoms with E-state index in [-0.39, 0.29) is 38.1 Å². The fraction of sp³-hybridized carbons (Fsp3) is 0.625. The van der Waals surface area contributed by atoms with Crippen molar-refractivity contribution in [2.45, 2.75) is 84.3 Å².